The molecule has 0 spiro atoms. The molecule has 0 saturated heterocycles. The summed E-state index contributed by atoms with van der Waals surface area (Å²) < 4.78 is 0. The van der Waals surface area contributed by atoms with E-state index < -0.39 is 0 Å². The third-order valence-electron chi connectivity index (χ3n) is 3.58. The first-order valence-electron chi connectivity index (χ1n) is 7.88. The molecule has 0 saturated carbocycles. The molecule has 0 unspecified atom stereocenters. The zero-order valence-electron chi connectivity index (χ0n) is 14.7. The van der Waals surface area contributed by atoms with Gasteiger partial charge in [-0.15, -0.1) is 0 Å². The van der Waals surface area contributed by atoms with Crippen molar-refractivity contribution in [2.24, 2.45) is 0 Å². The number of benzene rings is 1. The number of aldehydes is 1. The summed E-state index contributed by atoms with van der Waals surface area (Å²) in [7, 11) is 0. The van der Waals surface area contributed by atoms with Crippen molar-refractivity contribution in [2.45, 2.75) is 71.6 Å². The van der Waals surface area contributed by atoms with Crippen molar-refractivity contribution in [1.29, 1.82) is 0 Å². The zero-order valence-corrected chi connectivity index (χ0v) is 14.7. The van der Waals surface area contributed by atoms with Gasteiger partial charge in [0.25, 0.3) is 0 Å². The van der Waals surface area contributed by atoms with E-state index in [1.807, 2.05) is 12.1 Å². The summed E-state index contributed by atoms with van der Waals surface area (Å²) in [6.45, 7) is 12.6. The van der Waals surface area contributed by atoms with Crippen LogP contribution in [0.4, 0.5) is 0 Å². The van der Waals surface area contributed by atoms with E-state index in [0.29, 0.717) is 12.2 Å². The minimum absolute atomic E-state index is 0.140. The van der Waals surface area contributed by atoms with Crippen molar-refractivity contribution in [3.05, 3.63) is 28.8 Å². The van der Waals surface area contributed by atoms with Gasteiger partial charge < -0.3 is 9.90 Å². The third kappa shape index (κ3) is 4.91. The first-order chi connectivity index (χ1) is 10.1. The van der Waals surface area contributed by atoms with E-state index in [9.17, 15) is 9.90 Å². The molecule has 0 fully saturated rings. The first kappa shape index (κ1) is 18.3. The molecule has 0 aliphatic rings. The SMILES string of the molecule is CC(C)(C)c1cc(C#CCCCC=O)cc(C(C)(C)C)c1O. The van der Waals surface area contributed by atoms with E-state index in [2.05, 4.69) is 53.4 Å². The van der Waals surface area contributed by atoms with E-state index in [0.717, 1.165) is 35.8 Å². The second kappa shape index (κ2) is 7.01. The molecule has 1 aromatic rings. The standard InChI is InChI=1S/C20H28O2/c1-19(2,3)16-13-15(11-9-7-8-10-12-21)14-17(18(16)22)20(4,5)6/h12-14,22H,7-8,10H2,1-6H3. The van der Waals surface area contributed by atoms with Crippen molar-refractivity contribution < 1.29 is 9.90 Å². The zero-order chi connectivity index (χ0) is 17.0. The Labute approximate surface area is 134 Å². The molecule has 0 bridgehead atoms. The van der Waals surface area contributed by atoms with Gasteiger partial charge in [-0.1, -0.05) is 53.4 Å². The normalized spacial score (nSPS) is 11.7. The number of carbonyl (C=O) groups is 1. The molecule has 0 atom stereocenters. The van der Waals surface area contributed by atoms with Crippen LogP contribution in [0.2, 0.25) is 0 Å². The van der Waals surface area contributed by atoms with Crippen molar-refractivity contribution in [3.63, 3.8) is 0 Å². The van der Waals surface area contributed by atoms with Gasteiger partial charge in [0.05, 0.1) is 0 Å². The van der Waals surface area contributed by atoms with E-state index in [4.69, 9.17) is 0 Å². The lowest BCUT2D eigenvalue weighted by molar-refractivity contribution is -0.107. The van der Waals surface area contributed by atoms with Gasteiger partial charge in [0.2, 0.25) is 0 Å². The Hall–Kier alpha value is -1.75. The number of unbranched alkanes of at least 4 members (excludes halogenated alkanes) is 2. The number of hydrogen-bond acceptors (Lipinski definition) is 2. The maximum absolute atomic E-state index is 10.6. The quantitative estimate of drug-likeness (QED) is 0.499. The predicted molar refractivity (Wildman–Crippen MR) is 92.3 cm³/mol. The van der Waals surface area contributed by atoms with Crippen molar-refractivity contribution in [2.75, 3.05) is 0 Å². The van der Waals surface area contributed by atoms with E-state index >= 15 is 0 Å². The van der Waals surface area contributed by atoms with Crippen LogP contribution in [0, 0.1) is 11.8 Å². The highest BCUT2D eigenvalue weighted by Gasteiger charge is 2.26. The molecule has 0 amide bonds. The Balaban J connectivity index is 3.27. The third-order valence-corrected chi connectivity index (χ3v) is 3.58. The van der Waals surface area contributed by atoms with Crippen LogP contribution in [0.5, 0.6) is 5.75 Å². The minimum atomic E-state index is -0.140. The smallest absolute Gasteiger partial charge is 0.123 e. The molecule has 0 aromatic heterocycles. The van der Waals surface area contributed by atoms with Gasteiger partial charge in [-0.2, -0.15) is 0 Å². The Kier molecular flexibility index (Phi) is 5.83. The average Bonchev–Trinajstić information content (AvgIpc) is 2.37. The Morgan fingerprint density at radius 1 is 1.05 bits per heavy atom. The molecular formula is C20H28O2. The molecule has 0 aliphatic carbocycles. The number of aromatic hydroxyl groups is 1. The fourth-order valence-electron chi connectivity index (χ4n) is 2.29. The van der Waals surface area contributed by atoms with Crippen LogP contribution in [-0.2, 0) is 15.6 Å². The number of rotatable bonds is 3. The van der Waals surface area contributed by atoms with Gasteiger partial charge in [0.1, 0.15) is 12.0 Å². The Bertz CT molecular complexity index is 552. The number of phenolic OH excluding ortho intramolecular Hbond substituents is 1. The fourth-order valence-corrected chi connectivity index (χ4v) is 2.29. The van der Waals surface area contributed by atoms with Gasteiger partial charge in [0, 0.05) is 29.5 Å². The van der Waals surface area contributed by atoms with Crippen LogP contribution in [0.3, 0.4) is 0 Å². The largest absolute Gasteiger partial charge is 0.507 e. The molecule has 2 heteroatoms. The second-order valence-electron chi connectivity index (χ2n) is 7.78. The van der Waals surface area contributed by atoms with Gasteiger partial charge in [-0.25, -0.2) is 0 Å². The summed E-state index contributed by atoms with van der Waals surface area (Å²) in [6.07, 6.45) is 3.00. The lowest BCUT2D eigenvalue weighted by atomic mass is 9.78. The molecule has 22 heavy (non-hydrogen) atoms. The fraction of sp³-hybridized carbons (Fsp3) is 0.550. The molecule has 120 valence electrons. The summed E-state index contributed by atoms with van der Waals surface area (Å²) in [6, 6.07) is 3.97. The molecule has 0 aliphatic heterocycles. The summed E-state index contributed by atoms with van der Waals surface area (Å²) in [5.74, 6) is 6.68. The highest BCUT2D eigenvalue weighted by molar-refractivity contribution is 5.53. The monoisotopic (exact) mass is 300 g/mol. The topological polar surface area (TPSA) is 37.3 Å². The molecule has 2 nitrogen and oxygen atoms in total. The lowest BCUT2D eigenvalue weighted by Gasteiger charge is -2.27. The maximum Gasteiger partial charge on any atom is 0.123 e. The summed E-state index contributed by atoms with van der Waals surface area (Å²) in [5.41, 5.74) is 2.51. The van der Waals surface area contributed by atoms with Crippen molar-refractivity contribution in [1.82, 2.24) is 0 Å². The van der Waals surface area contributed by atoms with Gasteiger partial charge in [0.15, 0.2) is 0 Å². The highest BCUT2D eigenvalue weighted by Crippen LogP contribution is 2.39. The van der Waals surface area contributed by atoms with Gasteiger partial charge in [-0.3, -0.25) is 0 Å². The molecule has 1 N–H and O–H groups in total. The van der Waals surface area contributed by atoms with E-state index in [1.54, 1.807) is 0 Å². The molecule has 0 radical (unpaired) electrons. The summed E-state index contributed by atoms with van der Waals surface area (Å²) in [5, 5.41) is 10.6. The van der Waals surface area contributed by atoms with Crippen LogP contribution in [0.15, 0.2) is 12.1 Å². The number of hydrogen-bond donors (Lipinski definition) is 1. The molecular weight excluding hydrogens is 272 g/mol. The summed E-state index contributed by atoms with van der Waals surface area (Å²) >= 11 is 0. The van der Waals surface area contributed by atoms with Crippen LogP contribution >= 0.6 is 0 Å². The van der Waals surface area contributed by atoms with E-state index in [-0.39, 0.29) is 10.8 Å². The predicted octanol–water partition coefficient (Wildman–Crippen LogP) is 4.71. The van der Waals surface area contributed by atoms with Crippen molar-refractivity contribution >= 4 is 6.29 Å². The van der Waals surface area contributed by atoms with E-state index in [1.165, 1.54) is 0 Å². The Morgan fingerprint density at radius 2 is 1.55 bits per heavy atom. The number of carbonyl (C=O) groups excluding carboxylic acids is 1. The molecule has 1 aromatic carbocycles. The minimum Gasteiger partial charge on any atom is -0.507 e. The first-order valence-corrected chi connectivity index (χ1v) is 7.88. The maximum atomic E-state index is 10.6. The van der Waals surface area contributed by atoms with Gasteiger partial charge >= 0.3 is 0 Å². The highest BCUT2D eigenvalue weighted by atomic mass is 16.3. The van der Waals surface area contributed by atoms with Crippen LogP contribution in [0.1, 0.15) is 77.5 Å². The summed E-state index contributed by atoms with van der Waals surface area (Å²) in [4.78, 5) is 10.3. The van der Waals surface area contributed by atoms with Crippen LogP contribution in [-0.4, -0.2) is 11.4 Å². The number of phenols is 1. The molecule has 0 heterocycles. The lowest BCUT2D eigenvalue weighted by Crippen LogP contribution is -2.17. The van der Waals surface area contributed by atoms with Crippen LogP contribution < -0.4 is 0 Å². The molecule has 1 rings (SSSR count). The van der Waals surface area contributed by atoms with Gasteiger partial charge in [-0.05, 0) is 29.4 Å². The van der Waals surface area contributed by atoms with Crippen molar-refractivity contribution in [3.8, 4) is 17.6 Å². The van der Waals surface area contributed by atoms with Crippen LogP contribution in [0.25, 0.3) is 0 Å². The Morgan fingerprint density at radius 3 is 1.95 bits per heavy atom. The average molecular weight is 300 g/mol. The second-order valence-corrected chi connectivity index (χ2v) is 7.78.